The van der Waals surface area contributed by atoms with Gasteiger partial charge in [0.05, 0.1) is 6.54 Å². The molecule has 2 fully saturated rings. The summed E-state index contributed by atoms with van der Waals surface area (Å²) in [5.74, 6) is 1.41. The van der Waals surface area contributed by atoms with Gasteiger partial charge in [0, 0.05) is 17.7 Å². The number of carbonyl (C=O) groups is 2. The van der Waals surface area contributed by atoms with Crippen molar-refractivity contribution in [2.45, 2.75) is 45.6 Å². The Morgan fingerprint density at radius 2 is 1.96 bits per heavy atom. The van der Waals surface area contributed by atoms with Crippen LogP contribution in [0.4, 0.5) is 5.82 Å². The van der Waals surface area contributed by atoms with Crippen LogP contribution < -0.4 is 10.6 Å². The maximum atomic E-state index is 12.4. The van der Waals surface area contributed by atoms with Gasteiger partial charge < -0.3 is 10.6 Å². The fourth-order valence-electron chi connectivity index (χ4n) is 3.41. The molecule has 1 atom stereocenters. The summed E-state index contributed by atoms with van der Waals surface area (Å²) in [6, 6.07) is 5.90. The van der Waals surface area contributed by atoms with E-state index < -0.39 is 0 Å². The number of hydrogen-bond acceptors (Lipinski definition) is 4. The lowest BCUT2D eigenvalue weighted by molar-refractivity contribution is -0.124. The topological polar surface area (TPSA) is 74.3 Å². The molecule has 6 heteroatoms. The van der Waals surface area contributed by atoms with Crippen molar-refractivity contribution in [2.24, 2.45) is 11.8 Å². The van der Waals surface area contributed by atoms with Crippen LogP contribution in [0.15, 0.2) is 18.2 Å². The molecule has 1 aliphatic carbocycles. The van der Waals surface area contributed by atoms with Crippen LogP contribution in [-0.2, 0) is 9.59 Å². The molecule has 1 aromatic heterocycles. The third-order valence-corrected chi connectivity index (χ3v) is 5.18. The number of likely N-dealkylation sites (tertiary alicyclic amines) is 1. The SMILES string of the molecule is Cc1cccc(NC(=O)C2CCN(CC(=O)NC(C)C3CC3)CC2)n1. The Balaban J connectivity index is 1.40. The van der Waals surface area contributed by atoms with Crippen molar-refractivity contribution in [1.29, 1.82) is 0 Å². The number of nitrogens with one attached hydrogen (secondary N) is 2. The van der Waals surface area contributed by atoms with Gasteiger partial charge in [0.15, 0.2) is 0 Å². The minimum absolute atomic E-state index is 0.00740. The highest BCUT2D eigenvalue weighted by Crippen LogP contribution is 2.32. The standard InChI is InChI=1S/C19H28N4O2/c1-13-4-3-5-17(20-13)22-19(25)16-8-10-23(11-9-16)12-18(24)21-14(2)15-6-7-15/h3-5,14-16H,6-12H2,1-2H3,(H,21,24)(H,20,22,25). The quantitative estimate of drug-likeness (QED) is 0.827. The highest BCUT2D eigenvalue weighted by molar-refractivity contribution is 5.91. The second kappa shape index (κ2) is 7.95. The van der Waals surface area contributed by atoms with E-state index in [0.717, 1.165) is 31.6 Å². The number of aromatic nitrogens is 1. The lowest BCUT2D eigenvalue weighted by Crippen LogP contribution is -2.45. The highest BCUT2D eigenvalue weighted by Gasteiger charge is 2.30. The molecule has 1 saturated heterocycles. The first-order valence-corrected chi connectivity index (χ1v) is 9.27. The summed E-state index contributed by atoms with van der Waals surface area (Å²) < 4.78 is 0. The molecule has 1 saturated carbocycles. The van der Waals surface area contributed by atoms with Gasteiger partial charge in [-0.25, -0.2) is 4.98 Å². The maximum absolute atomic E-state index is 12.4. The molecule has 1 unspecified atom stereocenters. The monoisotopic (exact) mass is 344 g/mol. The molecule has 0 bridgehead atoms. The zero-order chi connectivity index (χ0) is 17.8. The normalized spacial score (nSPS) is 20.1. The van der Waals surface area contributed by atoms with Gasteiger partial charge in [-0.15, -0.1) is 0 Å². The Kier molecular flexibility index (Phi) is 5.68. The van der Waals surface area contributed by atoms with Gasteiger partial charge in [0.25, 0.3) is 0 Å². The predicted octanol–water partition coefficient (Wildman–Crippen LogP) is 1.96. The van der Waals surface area contributed by atoms with Gasteiger partial charge in [-0.2, -0.15) is 0 Å². The Labute approximate surface area is 149 Å². The number of pyridine rings is 1. The molecule has 136 valence electrons. The Bertz CT molecular complexity index is 622. The first-order chi connectivity index (χ1) is 12.0. The van der Waals surface area contributed by atoms with E-state index in [1.807, 2.05) is 25.1 Å². The molecule has 2 amide bonds. The number of amides is 2. The Morgan fingerprint density at radius 3 is 2.60 bits per heavy atom. The van der Waals surface area contributed by atoms with E-state index in [1.165, 1.54) is 12.8 Å². The molecule has 0 aromatic carbocycles. The molecule has 0 radical (unpaired) electrons. The molecule has 3 rings (SSSR count). The summed E-state index contributed by atoms with van der Waals surface area (Å²) in [5.41, 5.74) is 0.888. The molecule has 25 heavy (non-hydrogen) atoms. The van der Waals surface area contributed by atoms with Crippen molar-refractivity contribution >= 4 is 17.6 Å². The van der Waals surface area contributed by atoms with Crippen molar-refractivity contribution in [3.05, 3.63) is 23.9 Å². The van der Waals surface area contributed by atoms with Crippen LogP contribution in [0.2, 0.25) is 0 Å². The maximum Gasteiger partial charge on any atom is 0.234 e. The van der Waals surface area contributed by atoms with Crippen molar-refractivity contribution < 1.29 is 9.59 Å². The minimum atomic E-state index is -0.00740. The molecule has 2 aliphatic rings. The van der Waals surface area contributed by atoms with Crippen LogP contribution >= 0.6 is 0 Å². The zero-order valence-electron chi connectivity index (χ0n) is 15.1. The molecule has 2 heterocycles. The number of carbonyl (C=O) groups excluding carboxylic acids is 2. The van der Waals surface area contributed by atoms with E-state index >= 15 is 0 Å². The minimum Gasteiger partial charge on any atom is -0.352 e. The Hall–Kier alpha value is -1.95. The smallest absolute Gasteiger partial charge is 0.234 e. The fraction of sp³-hybridized carbons (Fsp3) is 0.632. The number of anilines is 1. The van der Waals surface area contributed by atoms with Gasteiger partial charge in [-0.05, 0) is 70.7 Å². The Morgan fingerprint density at radius 1 is 1.24 bits per heavy atom. The van der Waals surface area contributed by atoms with Gasteiger partial charge in [0.2, 0.25) is 11.8 Å². The van der Waals surface area contributed by atoms with Crippen LogP contribution in [0.25, 0.3) is 0 Å². The third kappa shape index (κ3) is 5.26. The lowest BCUT2D eigenvalue weighted by atomic mass is 9.96. The number of hydrogen-bond donors (Lipinski definition) is 2. The average Bonchev–Trinajstić information content (AvgIpc) is 3.40. The van der Waals surface area contributed by atoms with Crippen LogP contribution in [-0.4, -0.2) is 47.4 Å². The number of nitrogens with zero attached hydrogens (tertiary/aromatic N) is 2. The van der Waals surface area contributed by atoms with E-state index in [2.05, 4.69) is 27.4 Å². The largest absolute Gasteiger partial charge is 0.352 e. The van der Waals surface area contributed by atoms with E-state index in [0.29, 0.717) is 18.3 Å². The summed E-state index contributed by atoms with van der Waals surface area (Å²) in [5, 5.41) is 6.00. The predicted molar refractivity (Wildman–Crippen MR) is 97.1 cm³/mol. The van der Waals surface area contributed by atoms with Gasteiger partial charge >= 0.3 is 0 Å². The molecular formula is C19H28N4O2. The summed E-state index contributed by atoms with van der Waals surface area (Å²) in [7, 11) is 0. The zero-order valence-corrected chi connectivity index (χ0v) is 15.1. The van der Waals surface area contributed by atoms with Gasteiger partial charge in [-0.3, -0.25) is 14.5 Å². The summed E-state index contributed by atoms with van der Waals surface area (Å²) in [6.07, 6.45) is 4.03. The molecule has 1 aliphatic heterocycles. The first-order valence-electron chi connectivity index (χ1n) is 9.27. The molecule has 2 N–H and O–H groups in total. The van der Waals surface area contributed by atoms with Crippen LogP contribution in [0, 0.1) is 18.8 Å². The number of piperidine rings is 1. The van der Waals surface area contributed by atoms with Crippen molar-refractivity contribution in [3.63, 3.8) is 0 Å². The van der Waals surface area contributed by atoms with Crippen molar-refractivity contribution in [3.8, 4) is 0 Å². The van der Waals surface area contributed by atoms with E-state index in [-0.39, 0.29) is 23.8 Å². The first kappa shape index (κ1) is 17.9. The van der Waals surface area contributed by atoms with Crippen LogP contribution in [0.5, 0.6) is 0 Å². The number of aryl methyl sites for hydroxylation is 1. The summed E-state index contributed by atoms with van der Waals surface area (Å²) in [4.78, 5) is 30.9. The molecular weight excluding hydrogens is 316 g/mol. The number of rotatable bonds is 6. The van der Waals surface area contributed by atoms with E-state index in [1.54, 1.807) is 0 Å². The van der Waals surface area contributed by atoms with Crippen LogP contribution in [0.3, 0.4) is 0 Å². The second-order valence-electron chi connectivity index (χ2n) is 7.40. The van der Waals surface area contributed by atoms with Gasteiger partial charge in [-0.1, -0.05) is 6.07 Å². The van der Waals surface area contributed by atoms with Crippen molar-refractivity contribution in [2.75, 3.05) is 25.0 Å². The summed E-state index contributed by atoms with van der Waals surface area (Å²) >= 11 is 0. The van der Waals surface area contributed by atoms with Gasteiger partial charge in [0.1, 0.15) is 5.82 Å². The molecule has 1 aromatic rings. The summed E-state index contributed by atoms with van der Waals surface area (Å²) in [6.45, 7) is 5.99. The van der Waals surface area contributed by atoms with E-state index in [4.69, 9.17) is 0 Å². The molecule has 6 nitrogen and oxygen atoms in total. The van der Waals surface area contributed by atoms with Crippen LogP contribution in [0.1, 0.15) is 38.3 Å². The third-order valence-electron chi connectivity index (χ3n) is 5.18. The molecule has 0 spiro atoms. The van der Waals surface area contributed by atoms with Crippen molar-refractivity contribution in [1.82, 2.24) is 15.2 Å². The average molecular weight is 344 g/mol. The van der Waals surface area contributed by atoms with E-state index in [9.17, 15) is 9.59 Å². The second-order valence-corrected chi connectivity index (χ2v) is 7.40. The lowest BCUT2D eigenvalue weighted by Gasteiger charge is -2.31. The fourth-order valence-corrected chi connectivity index (χ4v) is 3.41. The highest BCUT2D eigenvalue weighted by atomic mass is 16.2.